The summed E-state index contributed by atoms with van der Waals surface area (Å²) in [5, 5.41) is 6.98. The predicted molar refractivity (Wildman–Crippen MR) is 117 cm³/mol. The fourth-order valence-corrected chi connectivity index (χ4v) is 4.17. The molecule has 0 amide bonds. The maximum absolute atomic E-state index is 11.8. The molecule has 29 heavy (non-hydrogen) atoms. The second-order valence-electron chi connectivity index (χ2n) is 7.49. The summed E-state index contributed by atoms with van der Waals surface area (Å²) in [4.78, 5) is 0.271. The minimum absolute atomic E-state index is 0.233. The Labute approximate surface area is 174 Å². The van der Waals surface area contributed by atoms with Gasteiger partial charge in [-0.05, 0) is 62.2 Å². The van der Waals surface area contributed by atoms with Crippen molar-refractivity contribution in [2.24, 2.45) is 0 Å². The predicted octanol–water partition coefficient (Wildman–Crippen LogP) is 2.16. The van der Waals surface area contributed by atoms with E-state index in [9.17, 15) is 8.42 Å². The minimum Gasteiger partial charge on any atom is -0.376 e. The van der Waals surface area contributed by atoms with E-state index in [1.54, 1.807) is 12.1 Å². The zero-order valence-corrected chi connectivity index (χ0v) is 18.0. The Kier molecular flexibility index (Phi) is 7.80. The van der Waals surface area contributed by atoms with Gasteiger partial charge in [-0.25, -0.2) is 13.1 Å². The second-order valence-corrected chi connectivity index (χ2v) is 9.38. The lowest BCUT2D eigenvalue weighted by atomic mass is 10.0. The molecule has 2 aromatic rings. The molecule has 0 aromatic heterocycles. The summed E-state index contributed by atoms with van der Waals surface area (Å²) >= 11 is 0. The molecule has 0 saturated carbocycles. The first-order chi connectivity index (χ1) is 14.0. The van der Waals surface area contributed by atoms with Crippen LogP contribution in [0.5, 0.6) is 0 Å². The van der Waals surface area contributed by atoms with Crippen molar-refractivity contribution in [2.45, 2.75) is 36.8 Å². The highest BCUT2D eigenvalue weighted by Gasteiger charge is 2.14. The maximum Gasteiger partial charge on any atom is 0.240 e. The normalized spacial score (nSPS) is 18.9. The first kappa shape index (κ1) is 21.9. The fourth-order valence-electron chi connectivity index (χ4n) is 3.44. The number of ether oxygens (including phenoxy) is 1. The van der Waals surface area contributed by atoms with Crippen LogP contribution < -0.4 is 15.4 Å². The second kappa shape index (κ2) is 10.3. The van der Waals surface area contributed by atoms with E-state index in [0.717, 1.165) is 50.2 Å². The molecule has 1 unspecified atom stereocenters. The van der Waals surface area contributed by atoms with Crippen molar-refractivity contribution in [2.75, 3.05) is 33.3 Å². The van der Waals surface area contributed by atoms with Gasteiger partial charge in [0.1, 0.15) is 0 Å². The Hall–Kier alpha value is -1.77. The van der Waals surface area contributed by atoms with E-state index in [-0.39, 0.29) is 11.0 Å². The van der Waals surface area contributed by atoms with Gasteiger partial charge in [0, 0.05) is 25.7 Å². The Morgan fingerprint density at radius 3 is 2.41 bits per heavy atom. The van der Waals surface area contributed by atoms with Crippen LogP contribution in [-0.4, -0.2) is 53.9 Å². The highest BCUT2D eigenvalue weighted by molar-refractivity contribution is 7.89. The largest absolute Gasteiger partial charge is 0.376 e. The van der Waals surface area contributed by atoms with Gasteiger partial charge in [-0.2, -0.15) is 0 Å². The molecule has 0 bridgehead atoms. The molecule has 1 heterocycles. The van der Waals surface area contributed by atoms with Gasteiger partial charge in [-0.3, -0.25) is 0 Å². The summed E-state index contributed by atoms with van der Waals surface area (Å²) in [6.07, 6.45) is 2.25. The summed E-state index contributed by atoms with van der Waals surface area (Å²) in [5.74, 6) is 0. The zero-order valence-electron chi connectivity index (χ0n) is 17.1. The lowest BCUT2D eigenvalue weighted by molar-refractivity contribution is 0.0653. The third-order valence-electron chi connectivity index (χ3n) is 5.18. The molecule has 1 aliphatic heterocycles. The van der Waals surface area contributed by atoms with E-state index in [1.165, 1.54) is 12.6 Å². The number of hydrogen-bond acceptors (Lipinski definition) is 5. The van der Waals surface area contributed by atoms with Crippen LogP contribution in [0.3, 0.4) is 0 Å². The van der Waals surface area contributed by atoms with Crippen molar-refractivity contribution >= 4 is 10.0 Å². The summed E-state index contributed by atoms with van der Waals surface area (Å²) in [6.45, 7) is 5.82. The first-order valence-electron chi connectivity index (χ1n) is 10.2. The van der Waals surface area contributed by atoms with Gasteiger partial charge in [0.25, 0.3) is 0 Å². The minimum atomic E-state index is -3.40. The number of rotatable bonds is 8. The van der Waals surface area contributed by atoms with Crippen molar-refractivity contribution in [3.8, 4) is 11.1 Å². The van der Waals surface area contributed by atoms with Crippen molar-refractivity contribution < 1.29 is 13.2 Å². The van der Waals surface area contributed by atoms with Crippen LogP contribution in [0.4, 0.5) is 0 Å². The van der Waals surface area contributed by atoms with Crippen LogP contribution in [-0.2, 0) is 21.2 Å². The number of nitrogens with one attached hydrogen (secondary N) is 3. The molecular formula is C22H31N3O3S. The quantitative estimate of drug-likeness (QED) is 0.613. The summed E-state index contributed by atoms with van der Waals surface area (Å²) in [6, 6.07) is 15.7. The van der Waals surface area contributed by atoms with Crippen molar-refractivity contribution in [3.63, 3.8) is 0 Å². The molecular weight excluding hydrogens is 386 g/mol. The highest BCUT2D eigenvalue weighted by atomic mass is 32.2. The molecule has 0 spiro atoms. The van der Waals surface area contributed by atoms with Gasteiger partial charge in [0.2, 0.25) is 10.0 Å². The number of hydrogen-bond donors (Lipinski definition) is 3. The number of benzene rings is 2. The molecule has 1 aliphatic rings. The third kappa shape index (κ3) is 6.35. The average molecular weight is 418 g/mol. The molecule has 6 nitrogen and oxygen atoms in total. The van der Waals surface area contributed by atoms with Gasteiger partial charge in [0.05, 0.1) is 11.0 Å². The average Bonchev–Trinajstić information content (AvgIpc) is 3.02. The van der Waals surface area contributed by atoms with Gasteiger partial charge < -0.3 is 15.4 Å². The van der Waals surface area contributed by atoms with Crippen LogP contribution in [0, 0.1) is 0 Å². The van der Waals surface area contributed by atoms with E-state index >= 15 is 0 Å². The molecule has 1 saturated heterocycles. The smallest absolute Gasteiger partial charge is 0.240 e. The maximum atomic E-state index is 11.8. The van der Waals surface area contributed by atoms with Crippen molar-refractivity contribution in [1.29, 1.82) is 0 Å². The van der Waals surface area contributed by atoms with Crippen LogP contribution in [0.1, 0.15) is 18.9 Å². The Morgan fingerprint density at radius 1 is 1.10 bits per heavy atom. The molecule has 2 atom stereocenters. The van der Waals surface area contributed by atoms with Crippen molar-refractivity contribution in [3.05, 3.63) is 54.1 Å². The lowest BCUT2D eigenvalue weighted by Crippen LogP contribution is -2.40. The molecule has 0 radical (unpaired) electrons. The van der Waals surface area contributed by atoms with Crippen LogP contribution in [0.15, 0.2) is 53.4 Å². The molecule has 2 aromatic carbocycles. The summed E-state index contributed by atoms with van der Waals surface area (Å²) in [5.41, 5.74) is 3.33. The van der Waals surface area contributed by atoms with Crippen LogP contribution in [0.25, 0.3) is 11.1 Å². The van der Waals surface area contributed by atoms with E-state index in [1.807, 2.05) is 12.1 Å². The lowest BCUT2D eigenvalue weighted by Gasteiger charge is -2.20. The van der Waals surface area contributed by atoms with E-state index in [0.29, 0.717) is 6.04 Å². The van der Waals surface area contributed by atoms with Crippen LogP contribution in [0.2, 0.25) is 0 Å². The Bertz CT molecular complexity index is 859. The van der Waals surface area contributed by atoms with Gasteiger partial charge in [-0.1, -0.05) is 36.4 Å². The van der Waals surface area contributed by atoms with Crippen LogP contribution >= 0.6 is 0 Å². The zero-order chi connectivity index (χ0) is 20.7. The highest BCUT2D eigenvalue weighted by Crippen LogP contribution is 2.22. The topological polar surface area (TPSA) is 79.5 Å². The fraction of sp³-hybridized carbons (Fsp3) is 0.455. The molecule has 0 aliphatic carbocycles. The van der Waals surface area contributed by atoms with Gasteiger partial charge in [-0.15, -0.1) is 0 Å². The van der Waals surface area contributed by atoms with E-state index in [2.05, 4.69) is 46.5 Å². The summed E-state index contributed by atoms with van der Waals surface area (Å²) in [7, 11) is -1.99. The van der Waals surface area contributed by atoms with Gasteiger partial charge >= 0.3 is 0 Å². The molecule has 7 heteroatoms. The Morgan fingerprint density at radius 2 is 1.76 bits per heavy atom. The van der Waals surface area contributed by atoms with E-state index in [4.69, 9.17) is 4.74 Å². The SMILES string of the molecule is CNS(=O)(=O)c1ccc(-c2ccc(C[C@@H](C)NCC3CNCCCO3)cc2)cc1. The molecule has 1 fully saturated rings. The molecule has 158 valence electrons. The Balaban J connectivity index is 1.54. The third-order valence-corrected chi connectivity index (χ3v) is 6.61. The van der Waals surface area contributed by atoms with Gasteiger partial charge in [0.15, 0.2) is 0 Å². The van der Waals surface area contributed by atoms with Crippen molar-refractivity contribution in [1.82, 2.24) is 15.4 Å². The molecule has 3 N–H and O–H groups in total. The standard InChI is InChI=1S/C22H31N3O3S/c1-17(25-16-21-15-24-12-3-13-28-21)14-18-4-6-19(7-5-18)20-8-10-22(11-9-20)29(26,27)23-2/h4-11,17,21,23-25H,3,12-16H2,1-2H3/t17-,21?/m1/s1. The first-order valence-corrected chi connectivity index (χ1v) is 11.6. The number of sulfonamides is 1. The monoisotopic (exact) mass is 417 g/mol. The van der Waals surface area contributed by atoms with E-state index < -0.39 is 10.0 Å². The molecule has 3 rings (SSSR count). The summed E-state index contributed by atoms with van der Waals surface area (Å²) < 4.78 is 31.8.